The van der Waals surface area contributed by atoms with Crippen LogP contribution in [0.3, 0.4) is 0 Å². The molecule has 2 aliphatic carbocycles. The van der Waals surface area contributed by atoms with E-state index in [1.165, 1.54) is 17.2 Å². The zero-order valence-corrected chi connectivity index (χ0v) is 24.3. The number of likely N-dealkylation sites (tertiary alicyclic amines) is 1. The first-order valence-electron chi connectivity index (χ1n) is 14.7. The van der Waals surface area contributed by atoms with Gasteiger partial charge in [-0.1, -0.05) is 48.5 Å². The summed E-state index contributed by atoms with van der Waals surface area (Å²) < 4.78 is 80.5. The second kappa shape index (κ2) is 11.0. The molecule has 47 heavy (non-hydrogen) atoms. The fourth-order valence-corrected chi connectivity index (χ4v) is 6.93. The molecule has 3 aliphatic rings. The van der Waals surface area contributed by atoms with E-state index < -0.39 is 41.0 Å². The van der Waals surface area contributed by atoms with E-state index in [-0.39, 0.29) is 35.7 Å². The average molecular weight is 654 g/mol. The Kier molecular flexibility index (Phi) is 7.13. The summed E-state index contributed by atoms with van der Waals surface area (Å²) in [6, 6.07) is 16.8. The Morgan fingerprint density at radius 1 is 0.872 bits per heavy atom. The van der Waals surface area contributed by atoms with Crippen LogP contribution < -0.4 is 0 Å². The van der Waals surface area contributed by atoms with E-state index in [1.807, 2.05) is 48.5 Å². The van der Waals surface area contributed by atoms with Gasteiger partial charge in [0.25, 0.3) is 0 Å². The number of hydrogen-bond acceptors (Lipinski definition) is 4. The Morgan fingerprint density at radius 2 is 1.43 bits per heavy atom. The molecule has 2 amide bonds. The van der Waals surface area contributed by atoms with Crippen LogP contribution in [0.25, 0.3) is 28.7 Å². The summed E-state index contributed by atoms with van der Waals surface area (Å²) in [7, 11) is 0. The second-order valence-corrected chi connectivity index (χ2v) is 11.9. The molecule has 1 saturated carbocycles. The van der Waals surface area contributed by atoms with Gasteiger partial charge in [0.2, 0.25) is 5.91 Å². The van der Waals surface area contributed by atoms with E-state index in [0.29, 0.717) is 31.8 Å². The van der Waals surface area contributed by atoms with Gasteiger partial charge in [0.05, 0.1) is 11.1 Å². The van der Waals surface area contributed by atoms with Gasteiger partial charge in [-0.15, -0.1) is 5.10 Å². The van der Waals surface area contributed by atoms with Crippen molar-refractivity contribution in [3.05, 3.63) is 101 Å². The number of alkyl halides is 6. The predicted molar refractivity (Wildman–Crippen MR) is 157 cm³/mol. The van der Waals surface area contributed by atoms with E-state index in [1.54, 1.807) is 4.90 Å². The molecule has 8 nitrogen and oxygen atoms in total. The zero-order valence-electron chi connectivity index (χ0n) is 24.3. The van der Waals surface area contributed by atoms with Gasteiger partial charge < -0.3 is 14.9 Å². The molecule has 2 atom stereocenters. The van der Waals surface area contributed by atoms with Crippen LogP contribution in [0.2, 0.25) is 0 Å². The normalized spacial score (nSPS) is 20.3. The highest BCUT2D eigenvalue weighted by Gasteiger charge is 2.60. The lowest BCUT2D eigenvalue weighted by molar-refractivity contribution is -0.143. The van der Waals surface area contributed by atoms with Gasteiger partial charge in [0, 0.05) is 61.3 Å². The molecule has 242 valence electrons. The number of rotatable bonds is 6. The van der Waals surface area contributed by atoms with Crippen molar-refractivity contribution in [1.29, 1.82) is 0 Å². The standard InChI is InChI=1S/C33H25F6N5O3/c34-32(35,36)19-11-18(12-20(13-19)33(37,38)39)30-40-17-43(41-30)10-9-28(45)42-14-26-27(15-42)29(26)44(31(46)47)16-25-23-7-3-1-5-21(23)22-6-2-4-8-24(22)25/h1-13,17,25-27,29H,14-16H2,(H,46,47). The molecule has 4 aromatic rings. The predicted octanol–water partition coefficient (Wildman–Crippen LogP) is 6.70. The molecule has 2 unspecified atom stereocenters. The Hall–Kier alpha value is -5.14. The number of hydrogen-bond donors (Lipinski definition) is 1. The van der Waals surface area contributed by atoms with Crippen LogP contribution in [-0.4, -0.2) is 67.3 Å². The maximum Gasteiger partial charge on any atom is 0.416 e. The van der Waals surface area contributed by atoms with Crippen LogP contribution in [0.4, 0.5) is 31.1 Å². The van der Waals surface area contributed by atoms with Crippen molar-refractivity contribution in [2.45, 2.75) is 24.3 Å². The van der Waals surface area contributed by atoms with E-state index in [2.05, 4.69) is 10.1 Å². The minimum Gasteiger partial charge on any atom is -0.465 e. The first kappa shape index (κ1) is 30.5. The third-order valence-electron chi connectivity index (χ3n) is 9.13. The first-order chi connectivity index (χ1) is 22.3. The van der Waals surface area contributed by atoms with Gasteiger partial charge in [0.15, 0.2) is 5.82 Å². The summed E-state index contributed by atoms with van der Waals surface area (Å²) in [4.78, 5) is 32.3. The Morgan fingerprint density at radius 3 is 1.96 bits per heavy atom. The molecule has 0 radical (unpaired) electrons. The summed E-state index contributed by atoms with van der Waals surface area (Å²) in [6.07, 6.45) is -7.61. The molecule has 0 bridgehead atoms. The topological polar surface area (TPSA) is 91.6 Å². The SMILES string of the molecule is O=C(C=Cn1cnc(-c2cc(C(F)(F)F)cc(C(F)(F)F)c2)n1)N1CC2C(C1)C2N(CC1c2ccccc2-c2ccccc21)C(=O)O. The molecule has 2 heterocycles. The van der Waals surface area contributed by atoms with Crippen LogP contribution in [0.15, 0.2) is 79.1 Å². The monoisotopic (exact) mass is 653 g/mol. The molecule has 1 aliphatic heterocycles. The Labute approximate surface area is 263 Å². The number of piperidine rings is 1. The van der Waals surface area contributed by atoms with E-state index in [9.17, 15) is 41.0 Å². The first-order valence-corrected chi connectivity index (χ1v) is 14.7. The smallest absolute Gasteiger partial charge is 0.416 e. The molecule has 1 aromatic heterocycles. The van der Waals surface area contributed by atoms with Crippen LogP contribution >= 0.6 is 0 Å². The van der Waals surface area contributed by atoms with Gasteiger partial charge in [-0.25, -0.2) is 14.5 Å². The number of nitrogens with zero attached hydrogens (tertiary/aromatic N) is 5. The lowest BCUT2D eigenvalue weighted by Crippen LogP contribution is -2.41. The van der Waals surface area contributed by atoms with E-state index in [4.69, 9.17) is 0 Å². The third-order valence-corrected chi connectivity index (χ3v) is 9.13. The van der Waals surface area contributed by atoms with Crippen molar-refractivity contribution in [2.75, 3.05) is 19.6 Å². The summed E-state index contributed by atoms with van der Waals surface area (Å²) in [5, 5.41) is 14.1. The van der Waals surface area contributed by atoms with Crippen LogP contribution in [0.5, 0.6) is 0 Å². The zero-order chi connectivity index (χ0) is 33.2. The lowest BCUT2D eigenvalue weighted by atomic mass is 9.96. The fourth-order valence-electron chi connectivity index (χ4n) is 6.93. The van der Waals surface area contributed by atoms with Crippen molar-refractivity contribution >= 4 is 18.2 Å². The number of carbonyl (C=O) groups excluding carboxylic acids is 1. The number of carboxylic acid groups (broad SMARTS) is 1. The van der Waals surface area contributed by atoms with Crippen molar-refractivity contribution in [3.63, 3.8) is 0 Å². The minimum absolute atomic E-state index is 0.0205. The molecular weight excluding hydrogens is 628 g/mol. The van der Waals surface area contributed by atoms with Crippen molar-refractivity contribution in [1.82, 2.24) is 24.6 Å². The summed E-state index contributed by atoms with van der Waals surface area (Å²) in [5.74, 6) is -0.949. The lowest BCUT2D eigenvalue weighted by Gasteiger charge is -2.28. The van der Waals surface area contributed by atoms with Gasteiger partial charge >= 0.3 is 18.4 Å². The molecule has 0 spiro atoms. The number of amides is 2. The van der Waals surface area contributed by atoms with Crippen LogP contribution in [-0.2, 0) is 17.1 Å². The number of benzene rings is 3. The third kappa shape index (κ3) is 5.61. The van der Waals surface area contributed by atoms with Gasteiger partial charge in [0.1, 0.15) is 6.33 Å². The number of aromatic nitrogens is 3. The minimum atomic E-state index is -5.02. The largest absolute Gasteiger partial charge is 0.465 e. The highest BCUT2D eigenvalue weighted by Crippen LogP contribution is 2.51. The highest BCUT2D eigenvalue weighted by atomic mass is 19.4. The summed E-state index contributed by atoms with van der Waals surface area (Å²) in [6.45, 7) is 0.972. The van der Waals surface area contributed by atoms with Gasteiger partial charge in [-0.05, 0) is 40.5 Å². The maximum absolute atomic E-state index is 13.3. The molecule has 7 rings (SSSR count). The summed E-state index contributed by atoms with van der Waals surface area (Å²) in [5.41, 5.74) is 0.889. The maximum atomic E-state index is 13.3. The molecular formula is C33H25F6N5O3. The van der Waals surface area contributed by atoms with E-state index in [0.717, 1.165) is 33.3 Å². The second-order valence-electron chi connectivity index (χ2n) is 11.9. The molecule has 3 aromatic carbocycles. The number of fused-ring (bicyclic) bond motifs is 4. The van der Waals surface area contributed by atoms with Gasteiger partial charge in [-0.2, -0.15) is 26.3 Å². The van der Waals surface area contributed by atoms with Crippen molar-refractivity contribution in [2.24, 2.45) is 11.8 Å². The van der Waals surface area contributed by atoms with Crippen LogP contribution in [0, 0.1) is 11.8 Å². The highest BCUT2D eigenvalue weighted by molar-refractivity contribution is 5.90. The number of halogens is 6. The average Bonchev–Trinajstić information content (AvgIpc) is 3.41. The number of carbonyl (C=O) groups is 2. The summed E-state index contributed by atoms with van der Waals surface area (Å²) >= 11 is 0. The fraction of sp³-hybridized carbons (Fsp3) is 0.273. The molecule has 14 heteroatoms. The van der Waals surface area contributed by atoms with Gasteiger partial charge in [-0.3, -0.25) is 4.79 Å². The Bertz CT molecular complexity index is 1830. The van der Waals surface area contributed by atoms with Crippen molar-refractivity contribution < 1.29 is 41.0 Å². The molecule has 1 N–H and O–H groups in total. The van der Waals surface area contributed by atoms with E-state index >= 15 is 0 Å². The molecule has 1 saturated heterocycles. The Balaban J connectivity index is 1.01. The van der Waals surface area contributed by atoms with Crippen molar-refractivity contribution in [3.8, 4) is 22.5 Å². The molecule has 2 fully saturated rings. The van der Waals surface area contributed by atoms with Crippen LogP contribution in [0.1, 0.15) is 28.2 Å². The quantitative estimate of drug-likeness (QED) is 0.185.